The second-order valence-electron chi connectivity index (χ2n) is 6.98. The third-order valence-corrected chi connectivity index (χ3v) is 5.08. The first-order chi connectivity index (χ1) is 11.6. The van der Waals surface area contributed by atoms with Crippen LogP contribution in [-0.4, -0.2) is 56.4 Å². The Balaban J connectivity index is 1.45. The van der Waals surface area contributed by atoms with Crippen molar-refractivity contribution in [3.8, 4) is 5.75 Å². The van der Waals surface area contributed by atoms with E-state index in [2.05, 4.69) is 0 Å². The van der Waals surface area contributed by atoms with Crippen molar-refractivity contribution >= 4 is 5.91 Å². The monoisotopic (exact) mass is 333 g/mol. The summed E-state index contributed by atoms with van der Waals surface area (Å²) < 4.78 is 16.8. The summed E-state index contributed by atoms with van der Waals surface area (Å²) in [4.78, 5) is 14.2. The molecule has 2 fully saturated rings. The van der Waals surface area contributed by atoms with Gasteiger partial charge in [-0.05, 0) is 43.7 Å². The minimum atomic E-state index is -0.130. The number of carbonyl (C=O) groups excluding carboxylic acids is 1. The highest BCUT2D eigenvalue weighted by atomic mass is 16.5. The van der Waals surface area contributed by atoms with Crippen LogP contribution in [0, 0.1) is 12.8 Å². The van der Waals surface area contributed by atoms with E-state index in [-0.39, 0.29) is 18.1 Å². The summed E-state index contributed by atoms with van der Waals surface area (Å²) in [6.07, 6.45) is 3.19. The quantitative estimate of drug-likeness (QED) is 0.802. The van der Waals surface area contributed by atoms with Gasteiger partial charge in [-0.25, -0.2) is 0 Å². The zero-order chi connectivity index (χ0) is 17.0. The molecule has 2 aliphatic rings. The van der Waals surface area contributed by atoms with Crippen LogP contribution < -0.4 is 4.74 Å². The first-order valence-corrected chi connectivity index (χ1v) is 8.71. The van der Waals surface area contributed by atoms with E-state index in [0.717, 1.165) is 43.8 Å². The van der Waals surface area contributed by atoms with Crippen molar-refractivity contribution in [1.82, 2.24) is 4.90 Å². The summed E-state index contributed by atoms with van der Waals surface area (Å²) in [6.45, 7) is 5.03. The normalized spacial score (nSPS) is 22.2. The molecule has 5 heteroatoms. The maximum absolute atomic E-state index is 12.3. The number of carbonyl (C=O) groups is 1. The lowest BCUT2D eigenvalue weighted by atomic mass is 9.79. The van der Waals surface area contributed by atoms with Gasteiger partial charge in [0.05, 0.1) is 13.1 Å². The van der Waals surface area contributed by atoms with E-state index < -0.39 is 0 Å². The molecule has 3 rings (SSSR count). The van der Waals surface area contributed by atoms with Crippen molar-refractivity contribution in [1.29, 1.82) is 0 Å². The average Bonchev–Trinajstić information content (AvgIpc) is 2.57. The van der Waals surface area contributed by atoms with Crippen molar-refractivity contribution in [2.24, 2.45) is 5.92 Å². The molecule has 0 saturated carbocycles. The van der Waals surface area contributed by atoms with Crippen LogP contribution in [0.3, 0.4) is 0 Å². The summed E-state index contributed by atoms with van der Waals surface area (Å²) in [5, 5.41) is 0. The number of methoxy groups -OCH3 is 1. The second-order valence-corrected chi connectivity index (χ2v) is 6.98. The Labute approximate surface area is 143 Å². The van der Waals surface area contributed by atoms with Gasteiger partial charge in [0.2, 0.25) is 0 Å². The van der Waals surface area contributed by atoms with Gasteiger partial charge in [0, 0.05) is 20.3 Å². The van der Waals surface area contributed by atoms with E-state index in [1.165, 1.54) is 0 Å². The van der Waals surface area contributed by atoms with Gasteiger partial charge >= 0.3 is 0 Å². The molecule has 5 nitrogen and oxygen atoms in total. The van der Waals surface area contributed by atoms with E-state index in [9.17, 15) is 4.79 Å². The van der Waals surface area contributed by atoms with Gasteiger partial charge in [0.1, 0.15) is 11.4 Å². The van der Waals surface area contributed by atoms with Gasteiger partial charge in [-0.3, -0.25) is 4.79 Å². The van der Waals surface area contributed by atoms with Crippen LogP contribution >= 0.6 is 0 Å². The molecule has 132 valence electrons. The molecule has 1 aromatic carbocycles. The van der Waals surface area contributed by atoms with Crippen molar-refractivity contribution in [3.05, 3.63) is 29.8 Å². The Morgan fingerprint density at radius 1 is 1.38 bits per heavy atom. The molecule has 2 heterocycles. The molecule has 0 bridgehead atoms. The minimum Gasteiger partial charge on any atom is -0.484 e. The second kappa shape index (κ2) is 7.53. The molecule has 0 N–H and O–H groups in total. The molecule has 2 aliphatic heterocycles. The molecule has 1 aromatic rings. The number of para-hydroxylation sites is 1. The summed E-state index contributed by atoms with van der Waals surface area (Å²) >= 11 is 0. The Morgan fingerprint density at radius 2 is 2.17 bits per heavy atom. The minimum absolute atomic E-state index is 0.0338. The molecule has 24 heavy (non-hydrogen) atoms. The molecule has 0 aromatic heterocycles. The van der Waals surface area contributed by atoms with Gasteiger partial charge in [-0.2, -0.15) is 0 Å². The molecule has 0 aliphatic carbocycles. The highest BCUT2D eigenvalue weighted by molar-refractivity contribution is 5.79. The Bertz CT molecular complexity index is 568. The van der Waals surface area contributed by atoms with Crippen LogP contribution in [0.25, 0.3) is 0 Å². The van der Waals surface area contributed by atoms with E-state index in [0.29, 0.717) is 19.0 Å². The molecule has 1 amide bonds. The van der Waals surface area contributed by atoms with Gasteiger partial charge < -0.3 is 19.1 Å². The highest BCUT2D eigenvalue weighted by Gasteiger charge is 2.49. The van der Waals surface area contributed by atoms with E-state index in [1.807, 2.05) is 36.1 Å². The van der Waals surface area contributed by atoms with Crippen molar-refractivity contribution in [2.45, 2.75) is 31.8 Å². The van der Waals surface area contributed by atoms with Crippen LogP contribution in [-0.2, 0) is 14.3 Å². The number of nitrogens with zero attached hydrogens (tertiary/aromatic N) is 1. The standard InChI is InChI=1S/C19H27NO4/c1-15-5-3-4-6-17(15)23-12-18(21)20-13-19(14-20)11-16(7-9-22-2)8-10-24-19/h3-6,16H,7-14H2,1-2H3/t16-/m0/s1. The van der Waals surface area contributed by atoms with Gasteiger partial charge in [-0.1, -0.05) is 18.2 Å². The Kier molecular flexibility index (Phi) is 5.41. The SMILES string of the molecule is COCC[C@H]1CCOC2(C1)CN(C(=O)COc1ccccc1C)C2. The lowest BCUT2D eigenvalue weighted by molar-refractivity contribution is -0.190. The van der Waals surface area contributed by atoms with Gasteiger partial charge in [0.25, 0.3) is 5.91 Å². The maximum Gasteiger partial charge on any atom is 0.260 e. The van der Waals surface area contributed by atoms with Crippen LogP contribution in [0.1, 0.15) is 24.8 Å². The number of rotatable bonds is 6. The van der Waals surface area contributed by atoms with Crippen LogP contribution in [0.4, 0.5) is 0 Å². The third kappa shape index (κ3) is 3.90. The average molecular weight is 333 g/mol. The number of benzene rings is 1. The number of ether oxygens (including phenoxy) is 3. The Morgan fingerprint density at radius 3 is 2.92 bits per heavy atom. The zero-order valence-corrected chi connectivity index (χ0v) is 14.6. The fraction of sp³-hybridized carbons (Fsp3) is 0.632. The molecular weight excluding hydrogens is 306 g/mol. The zero-order valence-electron chi connectivity index (χ0n) is 14.6. The molecule has 1 atom stereocenters. The number of hydrogen-bond acceptors (Lipinski definition) is 4. The van der Waals surface area contributed by atoms with E-state index >= 15 is 0 Å². The summed E-state index contributed by atoms with van der Waals surface area (Å²) in [7, 11) is 1.74. The van der Waals surface area contributed by atoms with E-state index in [4.69, 9.17) is 14.2 Å². The number of likely N-dealkylation sites (tertiary alicyclic amines) is 1. The smallest absolute Gasteiger partial charge is 0.260 e. The molecule has 0 unspecified atom stereocenters. The first kappa shape index (κ1) is 17.2. The van der Waals surface area contributed by atoms with Crippen LogP contribution in [0.15, 0.2) is 24.3 Å². The van der Waals surface area contributed by atoms with Crippen LogP contribution in [0.5, 0.6) is 5.75 Å². The van der Waals surface area contributed by atoms with Gasteiger partial charge in [-0.15, -0.1) is 0 Å². The predicted molar refractivity (Wildman–Crippen MR) is 91.2 cm³/mol. The first-order valence-electron chi connectivity index (χ1n) is 8.71. The third-order valence-electron chi connectivity index (χ3n) is 5.08. The molecule has 2 saturated heterocycles. The lowest BCUT2D eigenvalue weighted by Crippen LogP contribution is -2.67. The number of hydrogen-bond donors (Lipinski definition) is 0. The largest absolute Gasteiger partial charge is 0.484 e. The van der Waals surface area contributed by atoms with E-state index in [1.54, 1.807) is 7.11 Å². The molecule has 0 radical (unpaired) electrons. The molecular formula is C19H27NO4. The van der Waals surface area contributed by atoms with Crippen molar-refractivity contribution < 1.29 is 19.0 Å². The van der Waals surface area contributed by atoms with Crippen molar-refractivity contribution in [3.63, 3.8) is 0 Å². The number of amides is 1. The lowest BCUT2D eigenvalue weighted by Gasteiger charge is -2.53. The summed E-state index contributed by atoms with van der Waals surface area (Å²) in [6, 6.07) is 7.75. The fourth-order valence-corrected chi connectivity index (χ4v) is 3.66. The van der Waals surface area contributed by atoms with Crippen molar-refractivity contribution in [2.75, 3.05) is 40.0 Å². The summed E-state index contributed by atoms with van der Waals surface area (Å²) in [5.41, 5.74) is 0.914. The fourth-order valence-electron chi connectivity index (χ4n) is 3.66. The number of aryl methyl sites for hydroxylation is 1. The topological polar surface area (TPSA) is 48.0 Å². The van der Waals surface area contributed by atoms with Gasteiger partial charge in [0.15, 0.2) is 6.61 Å². The molecule has 1 spiro atoms. The Hall–Kier alpha value is -1.59. The van der Waals surface area contributed by atoms with Crippen LogP contribution in [0.2, 0.25) is 0 Å². The predicted octanol–water partition coefficient (Wildman–Crippen LogP) is 2.42. The maximum atomic E-state index is 12.3. The summed E-state index contributed by atoms with van der Waals surface area (Å²) in [5.74, 6) is 1.44. The highest BCUT2D eigenvalue weighted by Crippen LogP contribution is 2.38.